The number of aliphatic hydroxyl groups is 1. The third kappa shape index (κ3) is 3.88. The van der Waals surface area contributed by atoms with E-state index in [0.717, 1.165) is 5.56 Å². The van der Waals surface area contributed by atoms with Gasteiger partial charge in [-0.05, 0) is 11.6 Å². The number of benzene rings is 2. The van der Waals surface area contributed by atoms with Crippen molar-refractivity contribution in [3.63, 3.8) is 0 Å². The molecule has 0 radical (unpaired) electrons. The average Bonchev–Trinajstić information content (AvgIpc) is 2.51. The largest absolute Gasteiger partial charge is 0.395 e. The molecule has 0 saturated heterocycles. The lowest BCUT2D eigenvalue weighted by Crippen LogP contribution is -2.31. The minimum absolute atomic E-state index is 0.0839. The Morgan fingerprint density at radius 1 is 1.10 bits per heavy atom. The van der Waals surface area contributed by atoms with E-state index in [2.05, 4.69) is 6.07 Å². The fraction of sp³-hybridized carbons (Fsp3) is 0.235. The lowest BCUT2D eigenvalue weighted by atomic mass is 10.0. The van der Waals surface area contributed by atoms with E-state index in [1.807, 2.05) is 30.3 Å². The normalized spacial score (nSPS) is 12.1. The molecule has 1 N–H and O–H groups in total. The summed E-state index contributed by atoms with van der Waals surface area (Å²) in [5.74, 6) is -0.403. The zero-order chi connectivity index (χ0) is 15.1. The summed E-state index contributed by atoms with van der Waals surface area (Å²) >= 11 is 0. The lowest BCUT2D eigenvalue weighted by molar-refractivity contribution is 0.165. The van der Waals surface area contributed by atoms with E-state index >= 15 is 0 Å². The Hall–Kier alpha value is -2.22. The average molecular weight is 284 g/mol. The van der Waals surface area contributed by atoms with Crippen molar-refractivity contribution in [3.8, 4) is 6.07 Å². The molecule has 2 aromatic carbocycles. The minimum atomic E-state index is -0.724. The first kappa shape index (κ1) is 15.2. The molecular weight excluding hydrogens is 267 g/mol. The summed E-state index contributed by atoms with van der Waals surface area (Å²) in [6, 6.07) is 17.3. The molecule has 0 spiro atoms. The van der Waals surface area contributed by atoms with E-state index in [4.69, 9.17) is 0 Å². The van der Waals surface area contributed by atoms with Crippen LogP contribution in [0.5, 0.6) is 0 Å². The van der Waals surface area contributed by atoms with Gasteiger partial charge in [0.2, 0.25) is 0 Å². The first-order chi connectivity index (χ1) is 10.3. The number of nitrogens with zero attached hydrogens (tertiary/aromatic N) is 2. The smallest absolute Gasteiger partial charge is 0.129 e. The van der Waals surface area contributed by atoms with E-state index in [1.165, 1.54) is 6.07 Å². The Morgan fingerprint density at radius 3 is 2.38 bits per heavy atom. The van der Waals surface area contributed by atoms with E-state index in [1.54, 1.807) is 23.1 Å². The molecule has 1 unspecified atom stereocenters. The molecule has 21 heavy (non-hydrogen) atoms. The van der Waals surface area contributed by atoms with Crippen LogP contribution in [0.2, 0.25) is 0 Å². The van der Waals surface area contributed by atoms with Crippen LogP contribution in [0, 0.1) is 17.1 Å². The van der Waals surface area contributed by atoms with Gasteiger partial charge in [-0.1, -0.05) is 48.5 Å². The fourth-order valence-corrected chi connectivity index (χ4v) is 2.29. The third-order valence-corrected chi connectivity index (χ3v) is 3.30. The Balaban J connectivity index is 2.27. The molecule has 0 heterocycles. The molecule has 0 saturated carbocycles. The van der Waals surface area contributed by atoms with Crippen molar-refractivity contribution >= 4 is 0 Å². The van der Waals surface area contributed by atoms with Crippen LogP contribution in [-0.4, -0.2) is 23.2 Å². The van der Waals surface area contributed by atoms with E-state index in [-0.39, 0.29) is 6.61 Å². The van der Waals surface area contributed by atoms with Gasteiger partial charge in [0.1, 0.15) is 11.9 Å². The van der Waals surface area contributed by atoms with Crippen LogP contribution in [-0.2, 0) is 6.54 Å². The second-order valence-corrected chi connectivity index (χ2v) is 4.73. The van der Waals surface area contributed by atoms with Crippen LogP contribution in [0.25, 0.3) is 0 Å². The zero-order valence-corrected chi connectivity index (χ0v) is 11.6. The van der Waals surface area contributed by atoms with Crippen molar-refractivity contribution in [2.45, 2.75) is 12.6 Å². The lowest BCUT2D eigenvalue weighted by Gasteiger charge is -2.27. The summed E-state index contributed by atoms with van der Waals surface area (Å²) in [5.41, 5.74) is 1.35. The van der Waals surface area contributed by atoms with Crippen LogP contribution in [0.4, 0.5) is 4.39 Å². The van der Waals surface area contributed by atoms with Gasteiger partial charge in [0.05, 0.1) is 12.7 Å². The van der Waals surface area contributed by atoms with Gasteiger partial charge in [-0.15, -0.1) is 0 Å². The molecule has 0 aliphatic carbocycles. The van der Waals surface area contributed by atoms with Crippen molar-refractivity contribution in [2.24, 2.45) is 0 Å². The van der Waals surface area contributed by atoms with Gasteiger partial charge < -0.3 is 5.11 Å². The maximum Gasteiger partial charge on any atom is 0.129 e. The molecule has 0 bridgehead atoms. The van der Waals surface area contributed by atoms with Gasteiger partial charge in [-0.25, -0.2) is 4.39 Å². The highest BCUT2D eigenvalue weighted by atomic mass is 19.1. The number of rotatable bonds is 6. The SMILES string of the molecule is N#CC(c1ccccc1F)N(CCO)Cc1ccccc1. The Kier molecular flexibility index (Phi) is 5.44. The van der Waals surface area contributed by atoms with Crippen LogP contribution >= 0.6 is 0 Å². The molecule has 2 rings (SSSR count). The van der Waals surface area contributed by atoms with Crippen molar-refractivity contribution in [2.75, 3.05) is 13.2 Å². The summed E-state index contributed by atoms with van der Waals surface area (Å²) in [7, 11) is 0. The fourth-order valence-electron chi connectivity index (χ4n) is 2.29. The van der Waals surface area contributed by atoms with Gasteiger partial charge in [0.25, 0.3) is 0 Å². The van der Waals surface area contributed by atoms with Crippen molar-refractivity contribution < 1.29 is 9.50 Å². The standard InChI is InChI=1S/C17H17FN2O/c18-16-9-5-4-8-15(16)17(12-19)20(10-11-21)13-14-6-2-1-3-7-14/h1-9,17,21H,10-11,13H2. The third-order valence-electron chi connectivity index (χ3n) is 3.30. The van der Waals surface area contributed by atoms with Crippen LogP contribution in [0.15, 0.2) is 54.6 Å². The van der Waals surface area contributed by atoms with E-state index in [9.17, 15) is 14.8 Å². The molecule has 0 fully saturated rings. The highest BCUT2D eigenvalue weighted by Gasteiger charge is 2.22. The summed E-state index contributed by atoms with van der Waals surface area (Å²) in [6.45, 7) is 0.703. The van der Waals surface area contributed by atoms with Gasteiger partial charge in [0.15, 0.2) is 0 Å². The van der Waals surface area contributed by atoms with Crippen LogP contribution < -0.4 is 0 Å². The van der Waals surface area contributed by atoms with Crippen molar-refractivity contribution in [1.82, 2.24) is 4.90 Å². The predicted octanol–water partition coefficient (Wildman–Crippen LogP) is 2.88. The number of halogens is 1. The van der Waals surface area contributed by atoms with Crippen LogP contribution in [0.3, 0.4) is 0 Å². The highest BCUT2D eigenvalue weighted by Crippen LogP contribution is 2.24. The molecule has 0 amide bonds. The number of nitriles is 1. The molecular formula is C17H17FN2O. The zero-order valence-electron chi connectivity index (χ0n) is 11.6. The van der Waals surface area contributed by atoms with Crippen molar-refractivity contribution in [3.05, 3.63) is 71.5 Å². The Bertz CT molecular complexity index is 610. The molecule has 4 heteroatoms. The summed E-state index contributed by atoms with van der Waals surface area (Å²) in [4.78, 5) is 1.77. The maximum absolute atomic E-state index is 13.9. The molecule has 1 atom stereocenters. The first-order valence-corrected chi connectivity index (χ1v) is 6.79. The maximum atomic E-state index is 13.9. The Labute approximate surface area is 123 Å². The van der Waals surface area contributed by atoms with Gasteiger partial charge in [-0.2, -0.15) is 5.26 Å². The molecule has 3 nitrogen and oxygen atoms in total. The topological polar surface area (TPSA) is 47.3 Å². The molecule has 0 aromatic heterocycles. The second-order valence-electron chi connectivity index (χ2n) is 4.73. The molecule has 0 aliphatic heterocycles. The second kappa shape index (κ2) is 7.53. The molecule has 0 aliphatic rings. The molecule has 2 aromatic rings. The monoisotopic (exact) mass is 284 g/mol. The van der Waals surface area contributed by atoms with Gasteiger partial charge in [0, 0.05) is 18.7 Å². The predicted molar refractivity (Wildman–Crippen MR) is 78.7 cm³/mol. The van der Waals surface area contributed by atoms with Gasteiger partial charge >= 0.3 is 0 Å². The minimum Gasteiger partial charge on any atom is -0.395 e. The highest BCUT2D eigenvalue weighted by molar-refractivity contribution is 5.26. The summed E-state index contributed by atoms with van der Waals surface area (Å²) in [6.07, 6.45) is 0. The number of aliphatic hydroxyl groups excluding tert-OH is 1. The molecule has 108 valence electrons. The van der Waals surface area contributed by atoms with E-state index in [0.29, 0.717) is 18.7 Å². The van der Waals surface area contributed by atoms with Gasteiger partial charge in [-0.3, -0.25) is 4.90 Å². The first-order valence-electron chi connectivity index (χ1n) is 6.79. The van der Waals surface area contributed by atoms with E-state index < -0.39 is 11.9 Å². The Morgan fingerprint density at radius 2 is 1.76 bits per heavy atom. The van der Waals surface area contributed by atoms with Crippen molar-refractivity contribution in [1.29, 1.82) is 5.26 Å². The van der Waals surface area contributed by atoms with Crippen LogP contribution in [0.1, 0.15) is 17.2 Å². The number of hydrogen-bond acceptors (Lipinski definition) is 3. The quantitative estimate of drug-likeness (QED) is 0.887. The summed E-state index contributed by atoms with van der Waals surface area (Å²) in [5, 5.41) is 18.7. The summed E-state index contributed by atoms with van der Waals surface area (Å²) < 4.78 is 13.9. The number of hydrogen-bond donors (Lipinski definition) is 1.